The molecule has 188 valence electrons. The molecule has 1 aliphatic carbocycles. The van der Waals surface area contributed by atoms with E-state index in [0.29, 0.717) is 17.7 Å². The number of halogens is 4. The monoisotopic (exact) mass is 705 g/mol. The number of aliphatic hydroxyl groups is 1. The molecule has 7 heteroatoms. The minimum absolute atomic E-state index is 0.0578. The number of carbonyl (C=O) groups is 1. The van der Waals surface area contributed by atoms with Gasteiger partial charge in [-0.1, -0.05) is 37.1 Å². The largest absolute Gasteiger partial charge is 0.385 e. The molecule has 2 aromatic carbocycles. The molecule has 1 N–H and O–H groups in total. The van der Waals surface area contributed by atoms with Gasteiger partial charge >= 0.3 is 0 Å². The number of hydrogen-bond donors (Lipinski definition) is 1. The Morgan fingerprint density at radius 3 is 2.20 bits per heavy atom. The van der Waals surface area contributed by atoms with E-state index in [4.69, 9.17) is 6.42 Å². The predicted molar refractivity (Wildman–Crippen MR) is 153 cm³/mol. The lowest BCUT2D eigenvalue weighted by molar-refractivity contribution is -0.0145. The fourth-order valence-corrected chi connectivity index (χ4v) is 6.16. The Morgan fingerprint density at radius 2 is 1.74 bits per heavy atom. The lowest BCUT2D eigenvalue weighted by Gasteiger charge is -2.41. The van der Waals surface area contributed by atoms with E-state index in [0.717, 1.165) is 31.2 Å². The number of hydrogen-bond acceptors (Lipinski definition) is 2. The summed E-state index contributed by atoms with van der Waals surface area (Å²) < 4.78 is 26.2. The molecular weight excluding hydrogens is 674 g/mol. The number of carbonyl (C=O) groups excluding carboxylic acids is 1. The van der Waals surface area contributed by atoms with Crippen LogP contribution in [0.25, 0.3) is 0 Å². The Morgan fingerprint density at radius 1 is 1.20 bits per heavy atom. The van der Waals surface area contributed by atoms with Crippen LogP contribution in [0.1, 0.15) is 67.9 Å². The van der Waals surface area contributed by atoms with Gasteiger partial charge in [0.1, 0.15) is 5.82 Å². The maximum Gasteiger partial charge on any atom is 0.254 e. The highest BCUT2D eigenvalue weighted by Gasteiger charge is 2.43. The second-order valence-electron chi connectivity index (χ2n) is 9.54. The van der Waals surface area contributed by atoms with Crippen LogP contribution in [0, 0.1) is 24.1 Å². The van der Waals surface area contributed by atoms with Crippen LogP contribution in [-0.4, -0.2) is 30.2 Å². The number of alkyl halides is 3. The van der Waals surface area contributed by atoms with Crippen molar-refractivity contribution in [2.24, 2.45) is 5.92 Å². The molecule has 35 heavy (non-hydrogen) atoms. The highest BCUT2D eigenvalue weighted by Crippen LogP contribution is 2.46. The summed E-state index contributed by atoms with van der Waals surface area (Å²) in [6.07, 6.45) is 8.91. The van der Waals surface area contributed by atoms with Crippen molar-refractivity contribution >= 4 is 51.1 Å². The zero-order valence-electron chi connectivity index (χ0n) is 20.2. The van der Waals surface area contributed by atoms with Gasteiger partial charge in [-0.15, -0.1) is 6.42 Å². The summed E-state index contributed by atoms with van der Waals surface area (Å²) in [5.74, 6) is 1.93. The first-order valence-electron chi connectivity index (χ1n) is 11.8. The summed E-state index contributed by atoms with van der Waals surface area (Å²) in [5, 5.41) is 11.0. The van der Waals surface area contributed by atoms with E-state index < -0.39 is 18.6 Å². The molecule has 0 aromatic heterocycles. The maximum atomic E-state index is 14.5. The second-order valence-corrected chi connectivity index (χ2v) is 14.7. The molecule has 0 bridgehead atoms. The van der Waals surface area contributed by atoms with Crippen LogP contribution in [0.2, 0.25) is 0 Å². The number of benzene rings is 2. The van der Waals surface area contributed by atoms with Gasteiger partial charge in [0.2, 0.25) is 1.68 Å². The van der Waals surface area contributed by atoms with E-state index in [-0.39, 0.29) is 17.8 Å². The summed E-state index contributed by atoms with van der Waals surface area (Å²) >= 11 is 3.38. The Labute approximate surface area is 234 Å². The van der Waals surface area contributed by atoms with Gasteiger partial charge in [-0.2, -0.15) is 0 Å². The first kappa shape index (κ1) is 28.3. The van der Waals surface area contributed by atoms with Gasteiger partial charge in [0, 0.05) is 24.1 Å². The van der Waals surface area contributed by atoms with Crippen molar-refractivity contribution in [3.8, 4) is 12.3 Å². The molecule has 1 aliphatic rings. The molecule has 1 fully saturated rings. The summed E-state index contributed by atoms with van der Waals surface area (Å²) in [6, 6.07) is 13.3. The third kappa shape index (κ3) is 6.02. The summed E-state index contributed by atoms with van der Waals surface area (Å²) in [5.41, 5.74) is 0.212. The van der Waals surface area contributed by atoms with E-state index in [1.54, 1.807) is 95.4 Å². The maximum absolute atomic E-state index is 14.5. The first-order chi connectivity index (χ1) is 16.4. The second kappa shape index (κ2) is 11.0. The third-order valence-electron chi connectivity index (χ3n) is 7.57. The summed E-state index contributed by atoms with van der Waals surface area (Å²) in [6.45, 7) is 5.79. The van der Waals surface area contributed by atoms with Crippen LogP contribution >= 0.6 is 45.2 Å². The van der Waals surface area contributed by atoms with E-state index in [2.05, 4.69) is 5.92 Å². The number of amides is 1. The van der Waals surface area contributed by atoms with Crippen LogP contribution < -0.4 is 0 Å². The number of rotatable bonds is 7. The van der Waals surface area contributed by atoms with Gasteiger partial charge in [0.25, 0.3) is 5.91 Å². The third-order valence-corrected chi connectivity index (χ3v) is 9.44. The van der Waals surface area contributed by atoms with Crippen LogP contribution in [0.3, 0.4) is 0 Å². The minimum atomic E-state index is -1.62. The fraction of sp³-hybridized carbons (Fsp3) is 0.464. The lowest BCUT2D eigenvalue weighted by Crippen LogP contribution is -2.45. The Bertz CT molecular complexity index is 1060. The van der Waals surface area contributed by atoms with Crippen LogP contribution in [0.5, 0.6) is 0 Å². The Kier molecular flexibility index (Phi) is 8.91. The van der Waals surface area contributed by atoms with Crippen molar-refractivity contribution < 1.29 is 18.7 Å². The predicted octanol–water partition coefficient (Wildman–Crippen LogP) is 7.14. The van der Waals surface area contributed by atoms with Crippen LogP contribution in [0.15, 0.2) is 48.5 Å². The first-order valence-corrected chi connectivity index (χ1v) is 14.0. The van der Waals surface area contributed by atoms with E-state index in [1.807, 2.05) is 11.8 Å². The Hall–Kier alpha value is -1.25. The van der Waals surface area contributed by atoms with Crippen LogP contribution in [-0.2, 0) is 11.0 Å². The quantitative estimate of drug-likeness (QED) is 0.189. The van der Waals surface area contributed by atoms with Crippen molar-refractivity contribution in [3.63, 3.8) is 0 Å². The molecule has 1 saturated carbocycles. The molecule has 0 saturated heterocycles. The summed E-state index contributed by atoms with van der Waals surface area (Å²) in [4.78, 5) is 15.3. The highest BCUT2D eigenvalue weighted by atomic mass is 127. The molecule has 2 atom stereocenters. The zero-order valence-corrected chi connectivity index (χ0v) is 24.5. The molecule has 0 aliphatic heterocycles. The fourth-order valence-electron chi connectivity index (χ4n) is 4.94. The van der Waals surface area contributed by atoms with Crippen molar-refractivity contribution in [2.75, 3.05) is 6.54 Å². The average Bonchev–Trinajstić information content (AvgIpc) is 2.84. The SMILES string of the molecule is C#CC1(c2ccc(F)cc2)CCC(N(CC)C(=O)c2ccc([C@](C)(O)C(C)C(F)(I)I)cc2)CC1. The molecule has 0 heterocycles. The van der Waals surface area contributed by atoms with Gasteiger partial charge in [-0.3, -0.25) is 4.79 Å². The number of nitrogens with zero attached hydrogens (tertiary/aromatic N) is 1. The molecule has 2 aromatic rings. The molecule has 3 rings (SSSR count). The molecule has 0 spiro atoms. The molecule has 3 nitrogen and oxygen atoms in total. The molecular formula is C28H31F2I2NO2. The standard InChI is InChI=1S/C28H31F2I2NO2/c1-5-27(22-11-13-23(29)14-12-22)17-15-24(16-18-27)33(6-2)25(34)20-7-9-21(10-8-20)26(4,35)19(3)28(30,31)32/h1,7-14,19,24,35H,6,15-18H2,2-4H3/t19?,24?,26-,27?/m1/s1. The average molecular weight is 705 g/mol. The van der Waals surface area contributed by atoms with E-state index in [9.17, 15) is 18.7 Å². The van der Waals surface area contributed by atoms with E-state index in [1.165, 1.54) is 12.1 Å². The normalized spacial score (nSPS) is 23.1. The van der Waals surface area contributed by atoms with Crippen LogP contribution in [0.4, 0.5) is 8.78 Å². The zero-order chi connectivity index (χ0) is 26.0. The smallest absolute Gasteiger partial charge is 0.254 e. The highest BCUT2D eigenvalue weighted by molar-refractivity contribution is 14.2. The van der Waals surface area contributed by atoms with Gasteiger partial charge in [-0.05, 0) is 120 Å². The van der Waals surface area contributed by atoms with Crippen molar-refractivity contribution in [2.45, 2.75) is 65.2 Å². The molecule has 0 radical (unpaired) electrons. The van der Waals surface area contributed by atoms with Crippen molar-refractivity contribution in [1.82, 2.24) is 4.90 Å². The summed E-state index contributed by atoms with van der Waals surface area (Å²) in [7, 11) is 0. The van der Waals surface area contributed by atoms with Crippen molar-refractivity contribution in [1.29, 1.82) is 0 Å². The lowest BCUT2D eigenvalue weighted by atomic mass is 9.68. The van der Waals surface area contributed by atoms with E-state index >= 15 is 0 Å². The molecule has 1 unspecified atom stereocenters. The van der Waals surface area contributed by atoms with Gasteiger partial charge < -0.3 is 10.0 Å². The van der Waals surface area contributed by atoms with Gasteiger partial charge in [-0.25, -0.2) is 8.78 Å². The van der Waals surface area contributed by atoms with Crippen molar-refractivity contribution in [3.05, 3.63) is 71.0 Å². The minimum Gasteiger partial charge on any atom is -0.385 e. The topological polar surface area (TPSA) is 40.5 Å². The van der Waals surface area contributed by atoms with Gasteiger partial charge in [0.15, 0.2) is 0 Å². The van der Waals surface area contributed by atoms with Gasteiger partial charge in [0.05, 0.1) is 11.0 Å². The Balaban J connectivity index is 1.74. The number of terminal acetylenes is 1. The molecule has 1 amide bonds.